The van der Waals surface area contributed by atoms with E-state index in [1.54, 1.807) is 24.3 Å². The molecular formula is C40H47F5N2O7. The quantitative estimate of drug-likeness (QED) is 0.149. The number of aliphatic hydroxyl groups is 2. The Morgan fingerprint density at radius 3 is 2.15 bits per heavy atom. The van der Waals surface area contributed by atoms with Crippen LogP contribution in [0, 0.1) is 22.7 Å². The van der Waals surface area contributed by atoms with E-state index in [4.69, 9.17) is 14.6 Å². The lowest BCUT2D eigenvalue weighted by Gasteiger charge is -2.59. The Bertz CT molecular complexity index is 1820. The van der Waals surface area contributed by atoms with E-state index in [0.29, 0.717) is 49.3 Å². The molecule has 294 valence electrons. The van der Waals surface area contributed by atoms with Crippen molar-refractivity contribution in [2.24, 2.45) is 22.7 Å². The van der Waals surface area contributed by atoms with E-state index in [2.05, 4.69) is 10.6 Å². The summed E-state index contributed by atoms with van der Waals surface area (Å²) in [6, 6.07) is 12.1. The maximum Gasteiger partial charge on any atom is 0.456 e. The van der Waals surface area contributed by atoms with E-state index in [-0.39, 0.29) is 43.2 Å². The number of halogens is 5. The molecule has 1 aliphatic heterocycles. The first-order chi connectivity index (χ1) is 25.1. The predicted octanol–water partition coefficient (Wildman–Crippen LogP) is 7.93. The second-order valence-electron chi connectivity index (χ2n) is 17.1. The Morgan fingerprint density at radius 2 is 1.54 bits per heavy atom. The number of urea groups is 1. The lowest BCUT2D eigenvalue weighted by molar-refractivity contribution is -0.362. The van der Waals surface area contributed by atoms with Crippen LogP contribution in [0.5, 0.6) is 0 Å². The van der Waals surface area contributed by atoms with Crippen LogP contribution in [0.2, 0.25) is 0 Å². The molecule has 14 heteroatoms. The number of fused-ring (bicyclic) bond motifs is 4. The summed E-state index contributed by atoms with van der Waals surface area (Å²) in [4.78, 5) is 23.7. The number of alkyl halides is 5. The second-order valence-corrected chi connectivity index (χ2v) is 17.1. The Labute approximate surface area is 310 Å². The van der Waals surface area contributed by atoms with E-state index < -0.39 is 70.7 Å². The molecule has 0 aromatic heterocycles. The molecule has 1 saturated heterocycles. The van der Waals surface area contributed by atoms with Crippen LogP contribution in [0.3, 0.4) is 0 Å². The van der Waals surface area contributed by atoms with Crippen molar-refractivity contribution in [3.05, 3.63) is 76.4 Å². The van der Waals surface area contributed by atoms with Crippen LogP contribution in [0.25, 0.3) is 0 Å². The summed E-state index contributed by atoms with van der Waals surface area (Å²) in [5.41, 5.74) is -3.25. The molecule has 5 aliphatic rings. The molecule has 4 aliphatic carbocycles. The monoisotopic (exact) mass is 762 g/mol. The molecule has 1 spiro atoms. The van der Waals surface area contributed by atoms with Gasteiger partial charge in [0.1, 0.15) is 5.60 Å². The van der Waals surface area contributed by atoms with Crippen LogP contribution in [0.1, 0.15) is 99.5 Å². The summed E-state index contributed by atoms with van der Waals surface area (Å²) >= 11 is 0. The number of anilines is 1. The lowest BCUT2D eigenvalue weighted by atomic mass is 9.49. The fourth-order valence-corrected chi connectivity index (χ4v) is 10.2. The number of hydrogen-bond donors (Lipinski definition) is 5. The maximum atomic E-state index is 15.4. The highest BCUT2D eigenvalue weighted by Crippen LogP contribution is 2.71. The van der Waals surface area contributed by atoms with Gasteiger partial charge in [0.25, 0.3) is 0 Å². The molecule has 4 fully saturated rings. The first-order valence-corrected chi connectivity index (χ1v) is 18.5. The van der Waals surface area contributed by atoms with Gasteiger partial charge in [-0.25, -0.2) is 9.59 Å². The minimum atomic E-state index is -5.95. The number of carbonyl (C=O) groups excluding carboxylic acids is 1. The van der Waals surface area contributed by atoms with Crippen LogP contribution in [0.15, 0.2) is 59.7 Å². The van der Waals surface area contributed by atoms with Crippen molar-refractivity contribution in [1.82, 2.24) is 5.32 Å². The Hall–Kier alpha value is -3.59. The number of ether oxygens (including phenoxy) is 2. The topological polar surface area (TPSA) is 137 Å². The maximum absolute atomic E-state index is 15.4. The summed E-state index contributed by atoms with van der Waals surface area (Å²) in [5, 5.41) is 38.5. The summed E-state index contributed by atoms with van der Waals surface area (Å²) in [7, 11) is 0. The zero-order chi connectivity index (χ0) is 39.1. The lowest BCUT2D eigenvalue weighted by Crippen LogP contribution is -2.65. The zero-order valence-corrected chi connectivity index (χ0v) is 30.5. The van der Waals surface area contributed by atoms with Gasteiger partial charge < -0.3 is 35.4 Å². The highest BCUT2D eigenvalue weighted by Gasteiger charge is 2.79. The van der Waals surface area contributed by atoms with Gasteiger partial charge in [-0.1, -0.05) is 50.6 Å². The molecule has 3 saturated carbocycles. The molecule has 54 heavy (non-hydrogen) atoms. The van der Waals surface area contributed by atoms with Gasteiger partial charge >= 0.3 is 24.1 Å². The number of carboxylic acids is 1. The number of carboxylic acid groups (broad SMARTS) is 1. The smallest absolute Gasteiger partial charge is 0.456 e. The van der Waals surface area contributed by atoms with E-state index in [0.717, 1.165) is 11.1 Å². The predicted molar refractivity (Wildman–Crippen MR) is 187 cm³/mol. The number of aromatic carboxylic acids is 1. The normalized spacial score (nSPS) is 33.0. The minimum absolute atomic E-state index is 0.00706. The van der Waals surface area contributed by atoms with Gasteiger partial charge in [0, 0.05) is 41.8 Å². The van der Waals surface area contributed by atoms with E-state index in [1.165, 1.54) is 31.2 Å². The number of nitrogens with one attached hydrogen (secondary N) is 2. The molecule has 2 aromatic carbocycles. The number of amides is 2. The Morgan fingerprint density at radius 1 is 0.889 bits per heavy atom. The molecule has 1 heterocycles. The standard InChI is InChI=1S/C40H47F5N2O7/c1-34(2)21-53-37(54-22-34)16-13-30-31-27(12-15-36(30,51)20-37)29-14-17-38(52,39(41,42)40(43,44)45)35(29,3)18-28(31)24-6-4-23(5-7-24)19-46-33(50)47-26-10-8-25(9-11-26)32(48)49/h4-11,27-29,51-52H,12-22H2,1-3H3,(H,48,49)(H2,46,47,50)/t27?,28-,29?,35+,36?,38+/m1/s1. The average molecular weight is 763 g/mol. The Kier molecular flexibility index (Phi) is 9.30. The summed E-state index contributed by atoms with van der Waals surface area (Å²) in [6.07, 6.45) is -5.19. The summed E-state index contributed by atoms with van der Waals surface area (Å²) in [5.74, 6) is -9.19. The van der Waals surface area contributed by atoms with Crippen molar-refractivity contribution >= 4 is 17.7 Å². The number of carbonyl (C=O) groups is 2. The number of hydrogen-bond acceptors (Lipinski definition) is 6. The summed E-state index contributed by atoms with van der Waals surface area (Å²) in [6.45, 7) is 6.45. The molecule has 5 N–H and O–H groups in total. The van der Waals surface area contributed by atoms with Crippen LogP contribution >= 0.6 is 0 Å². The van der Waals surface area contributed by atoms with Gasteiger partial charge in [-0.3, -0.25) is 0 Å². The van der Waals surface area contributed by atoms with Crippen molar-refractivity contribution in [3.8, 4) is 0 Å². The largest absolute Gasteiger partial charge is 0.478 e. The van der Waals surface area contributed by atoms with Crippen molar-refractivity contribution in [3.63, 3.8) is 0 Å². The molecule has 2 aromatic rings. The van der Waals surface area contributed by atoms with Crippen molar-refractivity contribution in [2.45, 2.75) is 114 Å². The van der Waals surface area contributed by atoms with Crippen LogP contribution < -0.4 is 10.6 Å². The van der Waals surface area contributed by atoms with E-state index >= 15 is 8.78 Å². The van der Waals surface area contributed by atoms with Gasteiger partial charge in [-0.2, -0.15) is 22.0 Å². The van der Waals surface area contributed by atoms with E-state index in [1.807, 2.05) is 13.8 Å². The number of rotatable bonds is 6. The van der Waals surface area contributed by atoms with Crippen LogP contribution in [0.4, 0.5) is 32.4 Å². The van der Waals surface area contributed by atoms with Crippen LogP contribution in [-0.2, 0) is 16.0 Å². The van der Waals surface area contributed by atoms with Crippen molar-refractivity contribution in [1.29, 1.82) is 0 Å². The first kappa shape index (κ1) is 38.7. The molecular weight excluding hydrogens is 715 g/mol. The fraction of sp³-hybridized carbons (Fsp3) is 0.600. The average Bonchev–Trinajstić information content (AvgIpc) is 3.39. The zero-order valence-electron chi connectivity index (χ0n) is 30.5. The van der Waals surface area contributed by atoms with Gasteiger partial charge in [-0.15, -0.1) is 0 Å². The molecule has 3 unspecified atom stereocenters. The van der Waals surface area contributed by atoms with Gasteiger partial charge in [-0.05, 0) is 91.3 Å². The fourth-order valence-electron chi connectivity index (χ4n) is 10.2. The number of benzene rings is 2. The van der Waals surface area contributed by atoms with Crippen molar-refractivity contribution < 1.29 is 56.3 Å². The Balaban J connectivity index is 1.19. The van der Waals surface area contributed by atoms with Gasteiger partial charge in [0.15, 0.2) is 5.79 Å². The van der Waals surface area contributed by atoms with Gasteiger partial charge in [0.05, 0.1) is 24.4 Å². The minimum Gasteiger partial charge on any atom is -0.478 e. The first-order valence-electron chi connectivity index (χ1n) is 18.5. The molecule has 6 atom stereocenters. The SMILES string of the molecule is CC1(C)COC2(CCC3=C4C(CCC3(O)C2)C2CC[C@@](O)(C(F)(F)C(F)(F)F)[C@@]2(C)C[C@@H]4c2ccc(CNC(=O)Nc3ccc(C(=O)O)cc3)cc2)OC1. The number of allylic oxidation sites excluding steroid dienone is 1. The molecule has 9 nitrogen and oxygen atoms in total. The van der Waals surface area contributed by atoms with Crippen molar-refractivity contribution in [2.75, 3.05) is 18.5 Å². The third kappa shape index (κ3) is 6.30. The third-order valence-corrected chi connectivity index (χ3v) is 13.1. The highest BCUT2D eigenvalue weighted by atomic mass is 19.4. The molecule has 0 radical (unpaired) electrons. The van der Waals surface area contributed by atoms with Crippen LogP contribution in [-0.4, -0.2) is 69.6 Å². The molecule has 0 bridgehead atoms. The summed E-state index contributed by atoms with van der Waals surface area (Å²) < 4.78 is 85.5. The molecule has 7 rings (SSSR count). The highest BCUT2D eigenvalue weighted by molar-refractivity contribution is 5.91. The van der Waals surface area contributed by atoms with E-state index in [9.17, 15) is 33.0 Å². The van der Waals surface area contributed by atoms with Gasteiger partial charge in [0.2, 0.25) is 0 Å². The molecule has 2 amide bonds. The third-order valence-electron chi connectivity index (χ3n) is 13.1. The second kappa shape index (κ2) is 13.0.